The molecular weight excluding hydrogens is 319 g/mol. The second kappa shape index (κ2) is 5.59. The van der Waals surface area contributed by atoms with Crippen LogP contribution in [0.15, 0.2) is 59.2 Å². The molecule has 3 rings (SSSR count). The lowest BCUT2D eigenvalue weighted by Gasteiger charge is -2.10. The van der Waals surface area contributed by atoms with E-state index in [1.54, 1.807) is 12.3 Å². The summed E-state index contributed by atoms with van der Waals surface area (Å²) in [5.74, 6) is -0.232. The maximum atomic E-state index is 13.3. The molecule has 0 unspecified atom stereocenters. The van der Waals surface area contributed by atoms with Gasteiger partial charge in [0.05, 0.1) is 5.52 Å². The Labute approximate surface area is 124 Å². The summed E-state index contributed by atoms with van der Waals surface area (Å²) in [5.41, 5.74) is 2.81. The predicted octanol–water partition coefficient (Wildman–Crippen LogP) is 4.75. The third-order valence-electron chi connectivity index (χ3n) is 3.13. The predicted molar refractivity (Wildman–Crippen MR) is 83.2 cm³/mol. The highest BCUT2D eigenvalue weighted by molar-refractivity contribution is 9.10. The van der Waals surface area contributed by atoms with E-state index in [0.29, 0.717) is 6.54 Å². The van der Waals surface area contributed by atoms with E-state index in [2.05, 4.69) is 26.2 Å². The number of hydrogen-bond acceptors (Lipinski definition) is 2. The second-order valence-electron chi connectivity index (χ2n) is 4.46. The van der Waals surface area contributed by atoms with Crippen molar-refractivity contribution in [2.24, 2.45) is 0 Å². The molecule has 0 bridgehead atoms. The monoisotopic (exact) mass is 330 g/mol. The fourth-order valence-corrected chi connectivity index (χ4v) is 2.51. The van der Waals surface area contributed by atoms with E-state index in [4.69, 9.17) is 0 Å². The molecular formula is C16H12BrFN2. The number of nitrogens with one attached hydrogen (secondary N) is 1. The number of rotatable bonds is 3. The molecule has 4 heteroatoms. The van der Waals surface area contributed by atoms with Crippen LogP contribution < -0.4 is 5.32 Å². The molecule has 0 fully saturated rings. The molecule has 2 aromatic carbocycles. The molecule has 20 heavy (non-hydrogen) atoms. The van der Waals surface area contributed by atoms with Crippen molar-refractivity contribution in [3.8, 4) is 0 Å². The van der Waals surface area contributed by atoms with Crippen LogP contribution in [0.5, 0.6) is 0 Å². The third kappa shape index (κ3) is 2.65. The van der Waals surface area contributed by atoms with Gasteiger partial charge < -0.3 is 5.32 Å². The van der Waals surface area contributed by atoms with Crippen molar-refractivity contribution in [2.45, 2.75) is 6.54 Å². The maximum Gasteiger partial charge on any atom is 0.123 e. The van der Waals surface area contributed by atoms with Crippen molar-refractivity contribution in [3.05, 3.63) is 70.6 Å². The van der Waals surface area contributed by atoms with Crippen molar-refractivity contribution >= 4 is 32.5 Å². The van der Waals surface area contributed by atoms with Crippen molar-refractivity contribution in [1.82, 2.24) is 4.98 Å². The molecule has 0 aliphatic heterocycles. The standard InChI is InChI=1S/C16H12BrFN2/c17-14-6-5-12(18)9-11(14)10-20-16-7-8-19-15-4-2-1-3-13(15)16/h1-9H,10H2,(H,19,20). The summed E-state index contributed by atoms with van der Waals surface area (Å²) in [4.78, 5) is 4.32. The number of para-hydroxylation sites is 1. The quantitative estimate of drug-likeness (QED) is 0.749. The Balaban J connectivity index is 1.89. The molecule has 0 saturated carbocycles. The number of hydrogen-bond donors (Lipinski definition) is 1. The van der Waals surface area contributed by atoms with Crippen LogP contribution in [0, 0.1) is 5.82 Å². The molecule has 3 aromatic rings. The third-order valence-corrected chi connectivity index (χ3v) is 3.90. The van der Waals surface area contributed by atoms with E-state index < -0.39 is 0 Å². The molecule has 1 N–H and O–H groups in total. The number of aromatic nitrogens is 1. The van der Waals surface area contributed by atoms with Gasteiger partial charge in [-0.25, -0.2) is 4.39 Å². The molecule has 0 aliphatic rings. The molecule has 0 aliphatic carbocycles. The first-order valence-electron chi connectivity index (χ1n) is 6.25. The summed E-state index contributed by atoms with van der Waals surface area (Å²) in [7, 11) is 0. The summed E-state index contributed by atoms with van der Waals surface area (Å²) in [6, 6.07) is 14.5. The second-order valence-corrected chi connectivity index (χ2v) is 5.32. The van der Waals surface area contributed by atoms with E-state index in [1.165, 1.54) is 12.1 Å². The fourth-order valence-electron chi connectivity index (χ4n) is 2.12. The van der Waals surface area contributed by atoms with Crippen LogP contribution in [0.1, 0.15) is 5.56 Å². The van der Waals surface area contributed by atoms with Gasteiger partial charge in [-0.2, -0.15) is 0 Å². The average molecular weight is 331 g/mol. The highest BCUT2D eigenvalue weighted by Crippen LogP contribution is 2.23. The van der Waals surface area contributed by atoms with E-state index in [0.717, 1.165) is 26.6 Å². The van der Waals surface area contributed by atoms with Gasteiger partial charge in [-0.05, 0) is 35.9 Å². The van der Waals surface area contributed by atoms with Crippen molar-refractivity contribution in [2.75, 3.05) is 5.32 Å². The first kappa shape index (κ1) is 13.1. The minimum absolute atomic E-state index is 0.232. The Bertz CT molecular complexity index is 753. The summed E-state index contributed by atoms with van der Waals surface area (Å²) < 4.78 is 14.2. The van der Waals surface area contributed by atoms with Gasteiger partial charge in [-0.1, -0.05) is 34.1 Å². The molecule has 1 aromatic heterocycles. The number of benzene rings is 2. The lowest BCUT2D eigenvalue weighted by Crippen LogP contribution is -2.01. The molecule has 0 atom stereocenters. The number of pyridine rings is 1. The average Bonchev–Trinajstić information content (AvgIpc) is 2.48. The Kier molecular flexibility index (Phi) is 3.65. The normalized spacial score (nSPS) is 10.7. The Morgan fingerprint density at radius 3 is 2.85 bits per heavy atom. The lowest BCUT2D eigenvalue weighted by atomic mass is 10.1. The van der Waals surface area contributed by atoms with Crippen molar-refractivity contribution in [1.29, 1.82) is 0 Å². The van der Waals surface area contributed by atoms with Crippen LogP contribution in [0.2, 0.25) is 0 Å². The summed E-state index contributed by atoms with van der Waals surface area (Å²) in [6.45, 7) is 0.548. The highest BCUT2D eigenvalue weighted by atomic mass is 79.9. The van der Waals surface area contributed by atoms with Gasteiger partial charge in [0.25, 0.3) is 0 Å². The highest BCUT2D eigenvalue weighted by Gasteiger charge is 2.04. The maximum absolute atomic E-state index is 13.3. The van der Waals surface area contributed by atoms with Gasteiger partial charge in [0.2, 0.25) is 0 Å². The van der Waals surface area contributed by atoms with Gasteiger partial charge in [-0.3, -0.25) is 4.98 Å². The SMILES string of the molecule is Fc1ccc(Br)c(CNc2ccnc3ccccc23)c1. The summed E-state index contributed by atoms with van der Waals surface area (Å²) >= 11 is 3.43. The zero-order valence-electron chi connectivity index (χ0n) is 10.6. The summed E-state index contributed by atoms with van der Waals surface area (Å²) in [5, 5.41) is 4.39. The fraction of sp³-hybridized carbons (Fsp3) is 0.0625. The molecule has 0 amide bonds. The van der Waals surface area contributed by atoms with E-state index in [-0.39, 0.29) is 5.82 Å². The van der Waals surface area contributed by atoms with Crippen LogP contribution in [0.25, 0.3) is 10.9 Å². The number of anilines is 1. The molecule has 0 saturated heterocycles. The van der Waals surface area contributed by atoms with Gasteiger partial charge in [-0.15, -0.1) is 0 Å². The van der Waals surface area contributed by atoms with E-state index in [9.17, 15) is 4.39 Å². The summed E-state index contributed by atoms with van der Waals surface area (Å²) in [6.07, 6.45) is 1.77. The van der Waals surface area contributed by atoms with Crippen LogP contribution in [0.3, 0.4) is 0 Å². The zero-order chi connectivity index (χ0) is 13.9. The lowest BCUT2D eigenvalue weighted by molar-refractivity contribution is 0.625. The van der Waals surface area contributed by atoms with Gasteiger partial charge in [0.1, 0.15) is 5.82 Å². The molecule has 1 heterocycles. The van der Waals surface area contributed by atoms with Crippen molar-refractivity contribution < 1.29 is 4.39 Å². The van der Waals surface area contributed by atoms with Crippen LogP contribution >= 0.6 is 15.9 Å². The van der Waals surface area contributed by atoms with Crippen LogP contribution in [0.4, 0.5) is 10.1 Å². The topological polar surface area (TPSA) is 24.9 Å². The smallest absolute Gasteiger partial charge is 0.123 e. The van der Waals surface area contributed by atoms with Gasteiger partial charge in [0.15, 0.2) is 0 Å². The van der Waals surface area contributed by atoms with Crippen LogP contribution in [-0.2, 0) is 6.54 Å². The van der Waals surface area contributed by atoms with E-state index in [1.807, 2.05) is 30.3 Å². The molecule has 100 valence electrons. The molecule has 0 radical (unpaired) electrons. The first-order chi connectivity index (χ1) is 9.74. The Morgan fingerprint density at radius 2 is 1.95 bits per heavy atom. The molecule has 0 spiro atoms. The molecule has 2 nitrogen and oxygen atoms in total. The van der Waals surface area contributed by atoms with E-state index >= 15 is 0 Å². The Hall–Kier alpha value is -1.94. The van der Waals surface area contributed by atoms with Crippen LogP contribution in [-0.4, -0.2) is 4.98 Å². The van der Waals surface area contributed by atoms with Crippen molar-refractivity contribution in [3.63, 3.8) is 0 Å². The first-order valence-corrected chi connectivity index (χ1v) is 7.05. The zero-order valence-corrected chi connectivity index (χ0v) is 12.2. The Morgan fingerprint density at radius 1 is 1.10 bits per heavy atom. The number of nitrogens with zero attached hydrogens (tertiary/aromatic N) is 1. The van der Waals surface area contributed by atoms with Gasteiger partial charge in [0, 0.05) is 28.3 Å². The largest absolute Gasteiger partial charge is 0.380 e. The minimum Gasteiger partial charge on any atom is -0.380 e. The number of halogens is 2. The van der Waals surface area contributed by atoms with Gasteiger partial charge >= 0.3 is 0 Å². The minimum atomic E-state index is -0.232. The number of fused-ring (bicyclic) bond motifs is 1.